The highest BCUT2D eigenvalue weighted by Crippen LogP contribution is 2.29. The molecule has 37 heavy (non-hydrogen) atoms. The van der Waals surface area contributed by atoms with E-state index in [4.69, 9.17) is 24.2 Å². The van der Waals surface area contributed by atoms with Crippen LogP contribution in [0.25, 0.3) is 0 Å². The molecule has 0 aliphatic carbocycles. The quantitative estimate of drug-likeness (QED) is 0.199. The van der Waals surface area contributed by atoms with Crippen LogP contribution in [0.3, 0.4) is 0 Å². The van der Waals surface area contributed by atoms with Crippen LogP contribution in [0.1, 0.15) is 32.7 Å². The van der Waals surface area contributed by atoms with Gasteiger partial charge < -0.3 is 24.4 Å². The minimum atomic E-state index is -0.107. The fraction of sp³-hybridized carbons (Fsp3) is 0.393. The highest BCUT2D eigenvalue weighted by molar-refractivity contribution is 7.98. The van der Waals surface area contributed by atoms with Crippen LogP contribution in [-0.4, -0.2) is 63.9 Å². The predicted molar refractivity (Wildman–Crippen MR) is 148 cm³/mol. The molecule has 0 bridgehead atoms. The topological polar surface area (TPSA) is 85.8 Å². The molecule has 0 aliphatic heterocycles. The Hall–Kier alpha value is -3.30. The van der Waals surface area contributed by atoms with Crippen LogP contribution in [0.15, 0.2) is 47.6 Å². The van der Waals surface area contributed by atoms with Crippen molar-refractivity contribution < 1.29 is 19.0 Å². The van der Waals surface area contributed by atoms with E-state index in [1.807, 2.05) is 43.3 Å². The zero-order valence-electron chi connectivity index (χ0n) is 22.5. The van der Waals surface area contributed by atoms with Gasteiger partial charge >= 0.3 is 0 Å². The van der Waals surface area contributed by atoms with Crippen LogP contribution in [-0.2, 0) is 16.9 Å². The molecular formula is C28H36N4O4S. The number of thioether (sulfide) groups is 1. The Labute approximate surface area is 223 Å². The van der Waals surface area contributed by atoms with Crippen molar-refractivity contribution >= 4 is 23.5 Å². The van der Waals surface area contributed by atoms with Gasteiger partial charge in [0.25, 0.3) is 5.91 Å². The summed E-state index contributed by atoms with van der Waals surface area (Å²) in [5, 5.41) is 3.57. The number of nitrogens with one attached hydrogen (secondary N) is 1. The van der Waals surface area contributed by atoms with Gasteiger partial charge in [-0.2, -0.15) is 0 Å². The molecule has 3 rings (SSSR count). The average molecular weight is 525 g/mol. The maximum absolute atomic E-state index is 12.4. The maximum Gasteiger partial charge on any atom is 0.251 e. The minimum absolute atomic E-state index is 0.107. The summed E-state index contributed by atoms with van der Waals surface area (Å²) < 4.78 is 15.8. The second-order valence-electron chi connectivity index (χ2n) is 8.64. The molecule has 2 aromatic carbocycles. The Balaban J connectivity index is 1.66. The Morgan fingerprint density at radius 2 is 1.78 bits per heavy atom. The van der Waals surface area contributed by atoms with Gasteiger partial charge in [-0.1, -0.05) is 30.0 Å². The van der Waals surface area contributed by atoms with E-state index < -0.39 is 0 Å². The van der Waals surface area contributed by atoms with Crippen LogP contribution >= 0.6 is 11.8 Å². The summed E-state index contributed by atoms with van der Waals surface area (Å²) >= 11 is 1.56. The van der Waals surface area contributed by atoms with Crippen molar-refractivity contribution in [1.82, 2.24) is 15.3 Å². The fourth-order valence-electron chi connectivity index (χ4n) is 3.78. The van der Waals surface area contributed by atoms with E-state index in [0.29, 0.717) is 29.6 Å². The molecule has 0 fully saturated rings. The lowest BCUT2D eigenvalue weighted by molar-refractivity contribution is 0.0937. The molecule has 0 aliphatic rings. The third-order valence-corrected chi connectivity index (χ3v) is 6.96. The second-order valence-corrected chi connectivity index (χ2v) is 9.58. The lowest BCUT2D eigenvalue weighted by Gasteiger charge is -2.22. The molecule has 1 amide bonds. The van der Waals surface area contributed by atoms with E-state index >= 15 is 0 Å². The number of amides is 1. The number of benzene rings is 2. The molecule has 1 N–H and O–H groups in total. The molecule has 1 aromatic heterocycles. The maximum atomic E-state index is 12.4. The van der Waals surface area contributed by atoms with Crippen molar-refractivity contribution in [3.05, 3.63) is 70.4 Å². The van der Waals surface area contributed by atoms with E-state index in [1.54, 1.807) is 33.1 Å². The number of likely N-dealkylation sites (N-methyl/N-ethyl adjacent to an activating group) is 1. The highest BCUT2D eigenvalue weighted by atomic mass is 32.2. The van der Waals surface area contributed by atoms with Gasteiger partial charge in [-0.05, 0) is 55.7 Å². The molecule has 8 nitrogen and oxygen atoms in total. The predicted octanol–water partition coefficient (Wildman–Crippen LogP) is 4.46. The summed E-state index contributed by atoms with van der Waals surface area (Å²) in [5.74, 6) is 2.93. The van der Waals surface area contributed by atoms with Crippen LogP contribution in [0, 0.1) is 13.8 Å². The van der Waals surface area contributed by atoms with Crippen molar-refractivity contribution in [2.45, 2.75) is 31.2 Å². The van der Waals surface area contributed by atoms with Crippen LogP contribution in [0.5, 0.6) is 11.5 Å². The zero-order chi connectivity index (χ0) is 26.8. The van der Waals surface area contributed by atoms with Gasteiger partial charge in [0.15, 0.2) is 16.7 Å². The lowest BCUT2D eigenvalue weighted by atomic mass is 10.1. The molecule has 0 atom stereocenters. The van der Waals surface area contributed by atoms with Crippen LogP contribution < -0.4 is 19.7 Å². The number of rotatable bonds is 13. The Morgan fingerprint density at radius 1 is 1.00 bits per heavy atom. The molecule has 0 saturated heterocycles. The van der Waals surface area contributed by atoms with E-state index in [2.05, 4.69) is 30.3 Å². The molecular weight excluding hydrogens is 488 g/mol. The Kier molecular flexibility index (Phi) is 10.6. The smallest absolute Gasteiger partial charge is 0.251 e. The SMILES string of the molecule is COCCNC(=O)c1cccc(CSc2nc(C)c(C)c(N(C)CCc3ccc(OC)c(OC)c3)n2)c1. The third kappa shape index (κ3) is 7.84. The van der Waals surface area contributed by atoms with Crippen molar-refractivity contribution in [2.24, 2.45) is 0 Å². The summed E-state index contributed by atoms with van der Waals surface area (Å²) in [7, 11) is 6.95. The zero-order valence-corrected chi connectivity index (χ0v) is 23.3. The highest BCUT2D eigenvalue weighted by Gasteiger charge is 2.14. The van der Waals surface area contributed by atoms with E-state index in [-0.39, 0.29) is 5.91 Å². The first-order chi connectivity index (χ1) is 17.9. The summed E-state index contributed by atoms with van der Waals surface area (Å²) in [4.78, 5) is 24.1. The normalized spacial score (nSPS) is 10.8. The monoisotopic (exact) mass is 524 g/mol. The number of carbonyl (C=O) groups is 1. The number of hydrogen-bond donors (Lipinski definition) is 1. The number of ether oxygens (including phenoxy) is 3. The Morgan fingerprint density at radius 3 is 2.51 bits per heavy atom. The van der Waals surface area contributed by atoms with Crippen LogP contribution in [0.4, 0.5) is 5.82 Å². The standard InChI is InChI=1S/C28H36N4O4S/c1-19-20(2)30-28(37-18-22-8-7-9-23(16-22)27(33)29-13-15-34-4)31-26(19)32(3)14-12-21-10-11-24(35-5)25(17-21)36-6/h7-11,16-17H,12-15,18H2,1-6H3,(H,29,33). The fourth-order valence-corrected chi connectivity index (χ4v) is 4.61. The molecule has 1 heterocycles. The number of aryl methyl sites for hydroxylation is 1. The molecule has 9 heteroatoms. The van der Waals surface area contributed by atoms with Crippen molar-refractivity contribution in [1.29, 1.82) is 0 Å². The number of aromatic nitrogens is 2. The van der Waals surface area contributed by atoms with Gasteiger partial charge in [-0.15, -0.1) is 0 Å². The number of nitrogens with zero attached hydrogens (tertiary/aromatic N) is 3. The average Bonchev–Trinajstić information content (AvgIpc) is 2.92. The van der Waals surface area contributed by atoms with Crippen LogP contribution in [0.2, 0.25) is 0 Å². The van der Waals surface area contributed by atoms with Crippen molar-refractivity contribution in [2.75, 3.05) is 53.0 Å². The van der Waals surface area contributed by atoms with Gasteiger partial charge in [0.1, 0.15) is 5.82 Å². The first kappa shape index (κ1) is 28.3. The molecule has 0 unspecified atom stereocenters. The Bertz CT molecular complexity index is 1200. The second kappa shape index (κ2) is 13.9. The van der Waals surface area contributed by atoms with Gasteiger partial charge in [0, 0.05) is 49.8 Å². The van der Waals surface area contributed by atoms with Crippen molar-refractivity contribution in [3.8, 4) is 11.5 Å². The number of carbonyl (C=O) groups excluding carboxylic acids is 1. The first-order valence-corrected chi connectivity index (χ1v) is 13.1. The summed E-state index contributed by atoms with van der Waals surface area (Å²) in [6, 6.07) is 13.6. The third-order valence-electron chi connectivity index (χ3n) is 6.04. The van der Waals surface area contributed by atoms with E-state index in [0.717, 1.165) is 52.7 Å². The molecule has 0 saturated carbocycles. The largest absolute Gasteiger partial charge is 0.493 e. The molecule has 0 radical (unpaired) electrons. The van der Waals surface area contributed by atoms with Gasteiger partial charge in [0.2, 0.25) is 0 Å². The van der Waals surface area contributed by atoms with Gasteiger partial charge in [-0.25, -0.2) is 9.97 Å². The summed E-state index contributed by atoms with van der Waals surface area (Å²) in [6.45, 7) is 5.82. The van der Waals surface area contributed by atoms with Crippen molar-refractivity contribution in [3.63, 3.8) is 0 Å². The molecule has 3 aromatic rings. The number of anilines is 1. The summed E-state index contributed by atoms with van der Waals surface area (Å²) in [6.07, 6.45) is 0.834. The summed E-state index contributed by atoms with van der Waals surface area (Å²) in [5.41, 5.74) is 4.85. The van der Waals surface area contributed by atoms with E-state index in [9.17, 15) is 4.79 Å². The lowest BCUT2D eigenvalue weighted by Crippen LogP contribution is -2.26. The van der Waals surface area contributed by atoms with E-state index in [1.165, 1.54) is 0 Å². The van der Waals surface area contributed by atoms with Gasteiger partial charge in [-0.3, -0.25) is 4.79 Å². The number of methoxy groups -OCH3 is 3. The van der Waals surface area contributed by atoms with Gasteiger partial charge in [0.05, 0.1) is 20.8 Å². The first-order valence-electron chi connectivity index (χ1n) is 12.1. The molecule has 0 spiro atoms. The molecule has 198 valence electrons. The minimum Gasteiger partial charge on any atom is -0.493 e. The number of hydrogen-bond acceptors (Lipinski definition) is 8.